The lowest BCUT2D eigenvalue weighted by atomic mass is 10.1. The normalized spacial score (nSPS) is 14.7. The van der Waals surface area contributed by atoms with E-state index in [9.17, 15) is 8.42 Å². The van der Waals surface area contributed by atoms with Crippen LogP contribution in [0.2, 0.25) is 0 Å². The van der Waals surface area contributed by atoms with Crippen molar-refractivity contribution in [3.8, 4) is 11.5 Å². The van der Waals surface area contributed by atoms with Crippen LogP contribution in [0.25, 0.3) is 11.0 Å². The second-order valence-electron chi connectivity index (χ2n) is 6.25. The fourth-order valence-corrected chi connectivity index (χ4v) is 4.86. The summed E-state index contributed by atoms with van der Waals surface area (Å²) in [7, 11) is -0.795. The molecule has 1 aliphatic rings. The number of hydrogen-bond donors (Lipinski definition) is 0. The van der Waals surface area contributed by atoms with Crippen LogP contribution < -0.4 is 9.47 Å². The Morgan fingerprint density at radius 1 is 1.11 bits per heavy atom. The van der Waals surface area contributed by atoms with E-state index >= 15 is 0 Å². The lowest BCUT2D eigenvalue weighted by Gasteiger charge is -2.28. The molecule has 0 saturated carbocycles. The number of benzene rings is 1. The molecule has 3 aromatic rings. The van der Waals surface area contributed by atoms with Crippen LogP contribution >= 0.6 is 0 Å². The molecule has 7 nitrogen and oxygen atoms in total. The van der Waals surface area contributed by atoms with E-state index in [2.05, 4.69) is 9.97 Å². The average molecular weight is 385 g/mol. The number of sulfonamides is 1. The molecule has 0 amide bonds. The van der Waals surface area contributed by atoms with Crippen LogP contribution in [-0.4, -0.2) is 43.5 Å². The molecule has 8 heteroatoms. The third kappa shape index (κ3) is 3.11. The summed E-state index contributed by atoms with van der Waals surface area (Å²) in [5.41, 5.74) is 2.47. The largest absolute Gasteiger partial charge is 0.497 e. The van der Waals surface area contributed by atoms with Gasteiger partial charge in [-0.15, -0.1) is 0 Å². The van der Waals surface area contributed by atoms with Gasteiger partial charge in [-0.25, -0.2) is 18.4 Å². The van der Waals surface area contributed by atoms with Crippen molar-refractivity contribution in [3.63, 3.8) is 0 Å². The molecule has 0 radical (unpaired) electrons. The molecule has 140 valence electrons. The zero-order valence-corrected chi connectivity index (χ0v) is 15.9. The smallest absolute Gasteiger partial charge is 0.247 e. The van der Waals surface area contributed by atoms with E-state index in [0.717, 1.165) is 16.6 Å². The number of rotatable bonds is 4. The minimum Gasteiger partial charge on any atom is -0.497 e. The second-order valence-corrected chi connectivity index (χ2v) is 8.16. The summed E-state index contributed by atoms with van der Waals surface area (Å²) >= 11 is 0. The summed E-state index contributed by atoms with van der Waals surface area (Å²) in [5.74, 6) is 0.757. The monoisotopic (exact) mass is 385 g/mol. The first-order valence-corrected chi connectivity index (χ1v) is 9.92. The third-order valence-electron chi connectivity index (χ3n) is 4.69. The highest BCUT2D eigenvalue weighted by molar-refractivity contribution is 7.89. The van der Waals surface area contributed by atoms with E-state index in [0.29, 0.717) is 30.1 Å². The molecular weight excluding hydrogens is 366 g/mol. The molecule has 0 spiro atoms. The zero-order valence-electron chi connectivity index (χ0n) is 15.0. The highest BCUT2D eigenvalue weighted by Gasteiger charge is 2.32. The highest BCUT2D eigenvalue weighted by Crippen LogP contribution is 2.33. The molecule has 3 heterocycles. The van der Waals surface area contributed by atoms with Gasteiger partial charge in [0.15, 0.2) is 5.65 Å². The van der Waals surface area contributed by atoms with Crippen molar-refractivity contribution in [1.29, 1.82) is 0 Å². The Morgan fingerprint density at radius 2 is 1.96 bits per heavy atom. The molecule has 0 unspecified atom stereocenters. The fraction of sp³-hybridized carbons (Fsp3) is 0.263. The van der Waals surface area contributed by atoms with Crippen LogP contribution in [0.4, 0.5) is 0 Å². The minimum absolute atomic E-state index is 0.100. The van der Waals surface area contributed by atoms with Crippen LogP contribution in [0.15, 0.2) is 47.5 Å². The van der Waals surface area contributed by atoms with Crippen molar-refractivity contribution in [2.75, 3.05) is 20.8 Å². The Balaban J connectivity index is 1.73. The predicted octanol–water partition coefficient (Wildman–Crippen LogP) is 2.39. The number of fused-ring (bicyclic) bond motifs is 2. The van der Waals surface area contributed by atoms with E-state index in [4.69, 9.17) is 9.47 Å². The van der Waals surface area contributed by atoms with Gasteiger partial charge in [0.1, 0.15) is 16.4 Å². The second kappa shape index (κ2) is 6.79. The zero-order chi connectivity index (χ0) is 19.0. The first-order valence-electron chi connectivity index (χ1n) is 8.48. The Labute approximate surface area is 157 Å². The van der Waals surface area contributed by atoms with E-state index in [1.165, 1.54) is 24.6 Å². The number of aromatic nitrogens is 2. The lowest BCUT2D eigenvalue weighted by Crippen LogP contribution is -2.36. The van der Waals surface area contributed by atoms with E-state index in [-0.39, 0.29) is 11.4 Å². The SMILES string of the molecule is COc1ccc(OC)c(S(=O)(=O)N2CCc3nc4ncccc4cc3C2)c1. The topological polar surface area (TPSA) is 81.6 Å². The van der Waals surface area contributed by atoms with Gasteiger partial charge in [-0.1, -0.05) is 0 Å². The average Bonchev–Trinajstić information content (AvgIpc) is 2.71. The van der Waals surface area contributed by atoms with Crippen LogP contribution in [0.3, 0.4) is 0 Å². The predicted molar refractivity (Wildman–Crippen MR) is 100 cm³/mol. The molecule has 1 aromatic carbocycles. The summed E-state index contributed by atoms with van der Waals surface area (Å²) in [6.45, 7) is 0.608. The van der Waals surface area contributed by atoms with Gasteiger partial charge in [0.25, 0.3) is 0 Å². The van der Waals surface area contributed by atoms with Gasteiger partial charge in [-0.2, -0.15) is 4.31 Å². The number of nitrogens with zero attached hydrogens (tertiary/aromatic N) is 3. The maximum absolute atomic E-state index is 13.3. The molecule has 0 N–H and O–H groups in total. The van der Waals surface area contributed by atoms with Gasteiger partial charge in [0.05, 0.1) is 14.2 Å². The Kier molecular flexibility index (Phi) is 4.45. The van der Waals surface area contributed by atoms with Crippen molar-refractivity contribution in [1.82, 2.24) is 14.3 Å². The summed E-state index contributed by atoms with van der Waals surface area (Å²) in [6, 6.07) is 10.5. The molecule has 0 bridgehead atoms. The van der Waals surface area contributed by atoms with E-state index < -0.39 is 10.0 Å². The van der Waals surface area contributed by atoms with Gasteiger partial charge in [-0.3, -0.25) is 0 Å². The van der Waals surface area contributed by atoms with Crippen molar-refractivity contribution >= 4 is 21.1 Å². The highest BCUT2D eigenvalue weighted by atomic mass is 32.2. The molecule has 2 aromatic heterocycles. The molecule has 0 fully saturated rings. The maximum Gasteiger partial charge on any atom is 0.247 e. The summed E-state index contributed by atoms with van der Waals surface area (Å²) in [5, 5.41) is 0.898. The van der Waals surface area contributed by atoms with E-state index in [1.54, 1.807) is 18.3 Å². The molecule has 4 rings (SSSR count). The summed E-state index contributed by atoms with van der Waals surface area (Å²) < 4.78 is 38.4. The van der Waals surface area contributed by atoms with Gasteiger partial charge in [0.2, 0.25) is 10.0 Å². The quantitative estimate of drug-likeness (QED) is 0.686. The number of methoxy groups -OCH3 is 2. The summed E-state index contributed by atoms with van der Waals surface area (Å²) in [6.07, 6.45) is 2.24. The van der Waals surface area contributed by atoms with Gasteiger partial charge in [-0.05, 0) is 35.9 Å². The molecule has 0 saturated heterocycles. The van der Waals surface area contributed by atoms with Crippen LogP contribution in [0.5, 0.6) is 11.5 Å². The third-order valence-corrected chi connectivity index (χ3v) is 6.56. The van der Waals surface area contributed by atoms with Gasteiger partial charge < -0.3 is 9.47 Å². The van der Waals surface area contributed by atoms with Crippen LogP contribution in [0.1, 0.15) is 11.3 Å². The van der Waals surface area contributed by atoms with Crippen molar-refractivity contribution < 1.29 is 17.9 Å². The van der Waals surface area contributed by atoms with Crippen LogP contribution in [-0.2, 0) is 23.0 Å². The first kappa shape index (κ1) is 17.7. The molecule has 0 atom stereocenters. The number of pyridine rings is 2. The molecule has 1 aliphatic heterocycles. The van der Waals surface area contributed by atoms with Crippen molar-refractivity contribution in [3.05, 3.63) is 53.9 Å². The number of hydrogen-bond acceptors (Lipinski definition) is 6. The molecule has 0 aliphatic carbocycles. The first-order chi connectivity index (χ1) is 13.0. The maximum atomic E-state index is 13.3. The van der Waals surface area contributed by atoms with Gasteiger partial charge >= 0.3 is 0 Å². The molecule has 27 heavy (non-hydrogen) atoms. The minimum atomic E-state index is -3.75. The summed E-state index contributed by atoms with van der Waals surface area (Å²) in [4.78, 5) is 8.96. The fourth-order valence-electron chi connectivity index (χ4n) is 3.27. The number of ether oxygens (including phenoxy) is 2. The lowest BCUT2D eigenvalue weighted by molar-refractivity contribution is 0.372. The van der Waals surface area contributed by atoms with Gasteiger partial charge in [0, 0.05) is 42.9 Å². The Bertz CT molecular complexity index is 1120. The van der Waals surface area contributed by atoms with Crippen molar-refractivity contribution in [2.24, 2.45) is 0 Å². The molecular formula is C19H19N3O4S. The Morgan fingerprint density at radius 3 is 2.74 bits per heavy atom. The standard InChI is InChI=1S/C19H19N3O4S/c1-25-15-5-6-17(26-2)18(11-15)27(23,24)22-9-7-16-14(12-22)10-13-4-3-8-20-19(13)21-16/h3-6,8,10-11H,7,9,12H2,1-2H3. The van der Waals surface area contributed by atoms with Crippen LogP contribution in [0, 0.1) is 0 Å². The Hall–Kier alpha value is -2.71. The van der Waals surface area contributed by atoms with E-state index in [1.807, 2.05) is 18.2 Å². The van der Waals surface area contributed by atoms with Crippen molar-refractivity contribution in [2.45, 2.75) is 17.9 Å².